The number of carboxylic acids is 1. The maximum atomic E-state index is 12.3. The number of carbonyl (C=O) groups is 3. The number of amides is 2. The van der Waals surface area contributed by atoms with Crippen molar-refractivity contribution in [3.63, 3.8) is 0 Å². The van der Waals surface area contributed by atoms with Crippen molar-refractivity contribution in [1.29, 1.82) is 0 Å². The number of benzene rings is 2. The van der Waals surface area contributed by atoms with Gasteiger partial charge in [0, 0.05) is 24.4 Å². The monoisotopic (exact) mass is 452 g/mol. The van der Waals surface area contributed by atoms with Crippen molar-refractivity contribution in [2.45, 2.75) is 31.2 Å². The van der Waals surface area contributed by atoms with Crippen LogP contribution in [0.15, 0.2) is 48.5 Å². The van der Waals surface area contributed by atoms with Crippen LogP contribution in [0.2, 0.25) is 0 Å². The number of ether oxygens (including phenoxy) is 2. The molecular formula is C25H28N2O6. The molecular weight excluding hydrogens is 424 g/mol. The smallest absolute Gasteiger partial charge is 0.407 e. The predicted molar refractivity (Wildman–Crippen MR) is 121 cm³/mol. The second-order valence-electron chi connectivity index (χ2n) is 8.38. The fraction of sp³-hybridized carbons (Fsp3) is 0.400. The number of hydrogen-bond donors (Lipinski definition) is 3. The Hall–Kier alpha value is -3.39. The number of nitrogens with one attached hydrogen (secondary N) is 2. The van der Waals surface area contributed by atoms with Gasteiger partial charge in [-0.1, -0.05) is 48.5 Å². The third kappa shape index (κ3) is 5.51. The molecule has 4 rings (SSSR count). The van der Waals surface area contributed by atoms with E-state index in [4.69, 9.17) is 14.6 Å². The lowest BCUT2D eigenvalue weighted by atomic mass is 9.79. The second-order valence-corrected chi connectivity index (χ2v) is 8.38. The molecule has 2 amide bonds. The zero-order valence-electron chi connectivity index (χ0n) is 18.3. The Labute approximate surface area is 192 Å². The first-order valence-corrected chi connectivity index (χ1v) is 11.2. The van der Waals surface area contributed by atoms with E-state index in [1.807, 2.05) is 24.3 Å². The highest BCUT2D eigenvalue weighted by atomic mass is 16.5. The van der Waals surface area contributed by atoms with E-state index in [1.54, 1.807) is 0 Å². The van der Waals surface area contributed by atoms with Crippen LogP contribution >= 0.6 is 0 Å². The lowest BCUT2D eigenvalue weighted by Crippen LogP contribution is -2.50. The molecule has 0 saturated heterocycles. The molecule has 3 N–H and O–H groups in total. The van der Waals surface area contributed by atoms with Crippen LogP contribution in [0.25, 0.3) is 11.1 Å². The van der Waals surface area contributed by atoms with Crippen LogP contribution in [0, 0.1) is 5.92 Å². The number of alkyl carbamates (subject to hydrolysis) is 1. The number of aliphatic carboxylic acids is 1. The minimum atomic E-state index is -0.913. The Kier molecular flexibility index (Phi) is 7.24. The van der Waals surface area contributed by atoms with Crippen molar-refractivity contribution in [3.05, 3.63) is 59.7 Å². The van der Waals surface area contributed by atoms with E-state index in [-0.39, 0.29) is 50.0 Å². The number of fused-ring (bicyclic) bond motifs is 3. The normalized spacial score (nSPS) is 18.5. The molecule has 174 valence electrons. The Morgan fingerprint density at radius 2 is 1.58 bits per heavy atom. The highest BCUT2D eigenvalue weighted by Crippen LogP contribution is 2.44. The number of carboxylic acid groups (broad SMARTS) is 1. The molecule has 2 aliphatic rings. The van der Waals surface area contributed by atoms with Crippen LogP contribution in [0.4, 0.5) is 4.79 Å². The SMILES string of the molecule is O=C(O)CCOCCNC(=O)C1CC(NC(=O)OCC2c3ccccc3-c3ccccc32)C1. The highest BCUT2D eigenvalue weighted by molar-refractivity contribution is 5.80. The Morgan fingerprint density at radius 1 is 0.939 bits per heavy atom. The molecule has 8 nitrogen and oxygen atoms in total. The van der Waals surface area contributed by atoms with Crippen LogP contribution in [0.3, 0.4) is 0 Å². The van der Waals surface area contributed by atoms with E-state index in [1.165, 1.54) is 22.3 Å². The summed E-state index contributed by atoms with van der Waals surface area (Å²) in [5, 5.41) is 14.2. The fourth-order valence-electron chi connectivity index (χ4n) is 4.41. The quantitative estimate of drug-likeness (QED) is 0.478. The van der Waals surface area contributed by atoms with Gasteiger partial charge in [-0.3, -0.25) is 9.59 Å². The van der Waals surface area contributed by atoms with Crippen LogP contribution in [0.5, 0.6) is 0 Å². The molecule has 1 fully saturated rings. The first kappa shape index (κ1) is 22.8. The second kappa shape index (κ2) is 10.5. The molecule has 1 saturated carbocycles. The predicted octanol–water partition coefficient (Wildman–Crippen LogP) is 2.91. The van der Waals surface area contributed by atoms with Crippen molar-refractivity contribution in [2.24, 2.45) is 5.92 Å². The molecule has 0 spiro atoms. The van der Waals surface area contributed by atoms with Gasteiger partial charge in [-0.2, -0.15) is 0 Å². The first-order valence-electron chi connectivity index (χ1n) is 11.2. The third-order valence-electron chi connectivity index (χ3n) is 6.18. The van der Waals surface area contributed by atoms with Crippen LogP contribution in [0.1, 0.15) is 36.3 Å². The van der Waals surface area contributed by atoms with Crippen molar-refractivity contribution >= 4 is 18.0 Å². The Bertz CT molecular complexity index is 972. The molecule has 33 heavy (non-hydrogen) atoms. The van der Waals surface area contributed by atoms with E-state index < -0.39 is 12.1 Å². The summed E-state index contributed by atoms with van der Waals surface area (Å²) >= 11 is 0. The Balaban J connectivity index is 1.16. The maximum absolute atomic E-state index is 12.3. The molecule has 2 aromatic rings. The van der Waals surface area contributed by atoms with Gasteiger partial charge in [0.2, 0.25) is 5.91 Å². The largest absolute Gasteiger partial charge is 0.481 e. The highest BCUT2D eigenvalue weighted by Gasteiger charge is 2.36. The summed E-state index contributed by atoms with van der Waals surface area (Å²) in [6.45, 7) is 0.992. The van der Waals surface area contributed by atoms with E-state index in [2.05, 4.69) is 34.9 Å². The van der Waals surface area contributed by atoms with Gasteiger partial charge in [0.1, 0.15) is 6.61 Å². The standard InChI is InChI=1S/C25H28N2O6/c28-23(29)9-11-32-12-10-26-24(30)16-13-17(14-16)27-25(31)33-15-22-20-7-3-1-5-18(20)19-6-2-4-8-21(19)22/h1-8,16-17,22H,9-15H2,(H,26,30)(H,27,31)(H,28,29). The molecule has 0 unspecified atom stereocenters. The summed E-state index contributed by atoms with van der Waals surface area (Å²) in [4.78, 5) is 34.9. The van der Waals surface area contributed by atoms with Crippen LogP contribution in [-0.4, -0.2) is 55.5 Å². The first-order chi connectivity index (χ1) is 16.0. The minimum absolute atomic E-state index is 0.0146. The minimum Gasteiger partial charge on any atom is -0.481 e. The van der Waals surface area contributed by atoms with E-state index in [9.17, 15) is 14.4 Å². The van der Waals surface area contributed by atoms with Gasteiger partial charge >= 0.3 is 12.1 Å². The Morgan fingerprint density at radius 3 is 2.21 bits per heavy atom. The molecule has 2 aromatic carbocycles. The summed E-state index contributed by atoms with van der Waals surface area (Å²) in [7, 11) is 0. The van der Waals surface area contributed by atoms with E-state index in [0.29, 0.717) is 19.4 Å². The zero-order chi connectivity index (χ0) is 23.2. The summed E-state index contributed by atoms with van der Waals surface area (Å²) in [5.41, 5.74) is 4.70. The van der Waals surface area contributed by atoms with Crippen LogP contribution in [-0.2, 0) is 19.1 Å². The average Bonchev–Trinajstić information content (AvgIpc) is 3.10. The van der Waals surface area contributed by atoms with Gasteiger partial charge in [0.25, 0.3) is 0 Å². The maximum Gasteiger partial charge on any atom is 0.407 e. The van der Waals surface area contributed by atoms with Gasteiger partial charge in [0.05, 0.1) is 19.6 Å². The molecule has 0 radical (unpaired) electrons. The van der Waals surface area contributed by atoms with Crippen LogP contribution < -0.4 is 10.6 Å². The average molecular weight is 453 g/mol. The zero-order valence-corrected chi connectivity index (χ0v) is 18.3. The molecule has 2 aliphatic carbocycles. The molecule has 0 heterocycles. The lowest BCUT2D eigenvalue weighted by Gasteiger charge is -2.34. The summed E-state index contributed by atoms with van der Waals surface area (Å²) in [5.74, 6) is -1.13. The van der Waals surface area contributed by atoms with Gasteiger partial charge in [0.15, 0.2) is 0 Å². The van der Waals surface area contributed by atoms with Crippen molar-refractivity contribution in [1.82, 2.24) is 10.6 Å². The van der Waals surface area contributed by atoms with Gasteiger partial charge in [-0.15, -0.1) is 0 Å². The van der Waals surface area contributed by atoms with Gasteiger partial charge in [-0.25, -0.2) is 4.79 Å². The fourth-order valence-corrected chi connectivity index (χ4v) is 4.41. The number of hydrogen-bond acceptors (Lipinski definition) is 5. The van der Waals surface area contributed by atoms with Gasteiger partial charge in [-0.05, 0) is 35.1 Å². The summed E-state index contributed by atoms with van der Waals surface area (Å²) < 4.78 is 10.7. The van der Waals surface area contributed by atoms with Crippen molar-refractivity contribution in [3.8, 4) is 11.1 Å². The van der Waals surface area contributed by atoms with Gasteiger partial charge < -0.3 is 25.2 Å². The molecule has 0 bridgehead atoms. The summed E-state index contributed by atoms with van der Waals surface area (Å²) in [6.07, 6.45) is 0.610. The van der Waals surface area contributed by atoms with Crippen molar-refractivity contribution < 1.29 is 29.0 Å². The topological polar surface area (TPSA) is 114 Å². The lowest BCUT2D eigenvalue weighted by molar-refractivity contribution is -0.138. The third-order valence-corrected chi connectivity index (χ3v) is 6.18. The molecule has 0 aliphatic heterocycles. The number of carbonyl (C=O) groups excluding carboxylic acids is 2. The summed E-state index contributed by atoms with van der Waals surface area (Å²) in [6, 6.07) is 16.3. The van der Waals surface area contributed by atoms with E-state index >= 15 is 0 Å². The molecule has 8 heteroatoms. The molecule has 0 aromatic heterocycles. The number of rotatable bonds is 10. The van der Waals surface area contributed by atoms with Crippen molar-refractivity contribution in [2.75, 3.05) is 26.4 Å². The van der Waals surface area contributed by atoms with E-state index in [0.717, 1.165) is 0 Å². The molecule has 0 atom stereocenters.